The highest BCUT2D eigenvalue weighted by molar-refractivity contribution is 5.89. The Labute approximate surface area is 229 Å². The minimum absolute atomic E-state index is 0.111. The van der Waals surface area contributed by atoms with Gasteiger partial charge in [0, 0.05) is 36.5 Å². The maximum atomic E-state index is 13.9. The van der Waals surface area contributed by atoms with Crippen molar-refractivity contribution in [2.24, 2.45) is 5.41 Å². The number of aromatic nitrogens is 3. The van der Waals surface area contributed by atoms with Crippen LogP contribution in [0.4, 0.5) is 0 Å². The summed E-state index contributed by atoms with van der Waals surface area (Å²) >= 11 is 0. The Morgan fingerprint density at radius 2 is 1.95 bits per heavy atom. The number of hydrogen-bond acceptors (Lipinski definition) is 6. The highest BCUT2D eigenvalue weighted by atomic mass is 16.5. The smallest absolute Gasteiger partial charge is 0.248 e. The highest BCUT2D eigenvalue weighted by Crippen LogP contribution is 2.40. The molecule has 3 aromatic rings. The fourth-order valence-corrected chi connectivity index (χ4v) is 5.69. The molecule has 2 fully saturated rings. The van der Waals surface area contributed by atoms with Gasteiger partial charge in [0.15, 0.2) is 0 Å². The van der Waals surface area contributed by atoms with E-state index in [4.69, 9.17) is 4.74 Å². The summed E-state index contributed by atoms with van der Waals surface area (Å²) in [6, 6.07) is 10.7. The first kappa shape index (κ1) is 27.1. The number of rotatable bonds is 8. The first-order valence-electron chi connectivity index (χ1n) is 13.8. The number of likely N-dealkylation sites (tertiary alicyclic amines) is 1. The number of carbonyl (C=O) groups is 2. The molecular formula is C30H39N5O4. The number of nitrogens with one attached hydrogen (secondary N) is 1. The predicted octanol–water partition coefficient (Wildman–Crippen LogP) is 4.13. The third kappa shape index (κ3) is 5.78. The fraction of sp³-hybridized carbons (Fsp3) is 0.533. The topological polar surface area (TPSA) is 110 Å². The second-order valence-corrected chi connectivity index (χ2v) is 12.1. The van der Waals surface area contributed by atoms with E-state index in [1.807, 2.05) is 64.2 Å². The molecule has 208 valence electrons. The van der Waals surface area contributed by atoms with Gasteiger partial charge < -0.3 is 20.1 Å². The largest absolute Gasteiger partial charge is 0.496 e. The number of carbonyl (C=O) groups excluding carboxylic acids is 2. The van der Waals surface area contributed by atoms with Gasteiger partial charge in [-0.1, -0.05) is 50.3 Å². The lowest BCUT2D eigenvalue weighted by atomic mass is 9.85. The van der Waals surface area contributed by atoms with Gasteiger partial charge in [-0.05, 0) is 54.7 Å². The van der Waals surface area contributed by atoms with Crippen molar-refractivity contribution < 1.29 is 19.4 Å². The van der Waals surface area contributed by atoms with E-state index in [2.05, 4.69) is 21.7 Å². The predicted molar refractivity (Wildman–Crippen MR) is 148 cm³/mol. The molecular weight excluding hydrogens is 494 g/mol. The summed E-state index contributed by atoms with van der Waals surface area (Å²) in [4.78, 5) is 28.8. The molecule has 2 aromatic carbocycles. The molecule has 1 aliphatic heterocycles. The van der Waals surface area contributed by atoms with Gasteiger partial charge in [0.25, 0.3) is 0 Å². The average Bonchev–Trinajstić information content (AvgIpc) is 3.51. The van der Waals surface area contributed by atoms with Crippen LogP contribution in [0.2, 0.25) is 0 Å². The number of nitrogens with zero attached hydrogens (tertiary/aromatic N) is 4. The average molecular weight is 534 g/mol. The molecule has 1 saturated carbocycles. The van der Waals surface area contributed by atoms with Crippen molar-refractivity contribution in [1.82, 2.24) is 25.2 Å². The molecule has 0 spiro atoms. The van der Waals surface area contributed by atoms with Crippen LogP contribution in [0, 0.1) is 5.41 Å². The third-order valence-corrected chi connectivity index (χ3v) is 7.88. The molecule has 0 bridgehead atoms. The van der Waals surface area contributed by atoms with Gasteiger partial charge in [0.05, 0.1) is 24.9 Å². The van der Waals surface area contributed by atoms with E-state index in [1.165, 1.54) is 0 Å². The van der Waals surface area contributed by atoms with Crippen LogP contribution < -0.4 is 10.1 Å². The van der Waals surface area contributed by atoms with Crippen molar-refractivity contribution in [1.29, 1.82) is 0 Å². The normalized spacial score (nSPS) is 21.1. The zero-order valence-corrected chi connectivity index (χ0v) is 23.4. The number of methoxy groups -OCH3 is 1. The molecule has 39 heavy (non-hydrogen) atoms. The number of benzene rings is 2. The van der Waals surface area contributed by atoms with Crippen molar-refractivity contribution in [2.75, 3.05) is 13.7 Å². The van der Waals surface area contributed by atoms with Crippen molar-refractivity contribution in [3.63, 3.8) is 0 Å². The first-order chi connectivity index (χ1) is 18.5. The van der Waals surface area contributed by atoms with Crippen LogP contribution in [-0.2, 0) is 9.59 Å². The second-order valence-electron chi connectivity index (χ2n) is 12.1. The lowest BCUT2D eigenvalue weighted by Crippen LogP contribution is -2.46. The van der Waals surface area contributed by atoms with Gasteiger partial charge in [0.2, 0.25) is 11.8 Å². The number of fused-ring (bicyclic) bond motifs is 1. The molecule has 0 radical (unpaired) electrons. The highest BCUT2D eigenvalue weighted by Gasteiger charge is 2.43. The molecule has 9 heteroatoms. The van der Waals surface area contributed by atoms with E-state index in [0.717, 1.165) is 40.6 Å². The van der Waals surface area contributed by atoms with Crippen molar-refractivity contribution >= 4 is 22.6 Å². The van der Waals surface area contributed by atoms with Gasteiger partial charge in [0.1, 0.15) is 11.8 Å². The summed E-state index contributed by atoms with van der Waals surface area (Å²) in [5, 5.41) is 24.3. The van der Waals surface area contributed by atoms with Crippen LogP contribution in [0.3, 0.4) is 0 Å². The molecule has 2 aliphatic rings. The van der Waals surface area contributed by atoms with Crippen LogP contribution in [-0.4, -0.2) is 62.6 Å². The summed E-state index contributed by atoms with van der Waals surface area (Å²) in [6.07, 6.45) is 3.89. The zero-order chi connectivity index (χ0) is 27.9. The summed E-state index contributed by atoms with van der Waals surface area (Å²) in [5.74, 6) is 0.877. The van der Waals surface area contributed by atoms with Crippen LogP contribution in [0.15, 0.2) is 42.6 Å². The minimum Gasteiger partial charge on any atom is -0.496 e. The van der Waals surface area contributed by atoms with E-state index >= 15 is 0 Å². The van der Waals surface area contributed by atoms with Crippen LogP contribution in [0.1, 0.15) is 82.6 Å². The molecule has 1 unspecified atom stereocenters. The van der Waals surface area contributed by atoms with Crippen molar-refractivity contribution in [3.8, 4) is 5.75 Å². The minimum atomic E-state index is -0.674. The molecule has 1 saturated heterocycles. The monoisotopic (exact) mass is 533 g/mol. The van der Waals surface area contributed by atoms with E-state index in [0.29, 0.717) is 12.3 Å². The number of hydrogen-bond donors (Lipinski definition) is 2. The Morgan fingerprint density at radius 3 is 2.64 bits per heavy atom. The van der Waals surface area contributed by atoms with E-state index in [1.54, 1.807) is 16.7 Å². The van der Waals surface area contributed by atoms with Crippen LogP contribution >= 0.6 is 0 Å². The van der Waals surface area contributed by atoms with Gasteiger partial charge in [-0.2, -0.15) is 0 Å². The lowest BCUT2D eigenvalue weighted by Gasteiger charge is -2.35. The molecule has 2 amide bonds. The van der Waals surface area contributed by atoms with Crippen molar-refractivity contribution in [2.45, 2.75) is 83.5 Å². The Kier molecular flexibility index (Phi) is 7.37. The maximum absolute atomic E-state index is 13.9. The molecule has 2 heterocycles. The number of aliphatic hydroxyl groups is 1. The van der Waals surface area contributed by atoms with E-state index in [-0.39, 0.29) is 30.8 Å². The standard InChI is InChI=1S/C30H39N5O4/c1-18(21-12-20-8-6-7-9-24(20)26(13-21)39-5)31-27(37)15-22-14-23(36)16-34(22)29(38)28(30(2,3)4)35-17-25(32-33-35)19-10-11-19/h6-9,12-13,17-19,22-23,28,36H,10-11,14-16H2,1-5H3,(H,31,37)/t18?,22-,23+,28+/m0/s1. The molecule has 4 atom stereocenters. The Bertz CT molecular complexity index is 1360. The van der Waals surface area contributed by atoms with Gasteiger partial charge in [-0.25, -0.2) is 4.68 Å². The zero-order valence-electron chi connectivity index (χ0n) is 23.4. The SMILES string of the molecule is COc1cc(C(C)NC(=O)C[C@@H]2C[C@@H](O)CN2C(=O)[C@@H](n2cc(C3CC3)nn2)C(C)(C)C)cc2ccccc12. The lowest BCUT2D eigenvalue weighted by molar-refractivity contribution is -0.140. The first-order valence-corrected chi connectivity index (χ1v) is 13.8. The van der Waals surface area contributed by atoms with Gasteiger partial charge in [-0.3, -0.25) is 9.59 Å². The quantitative estimate of drug-likeness (QED) is 0.451. The summed E-state index contributed by atoms with van der Waals surface area (Å²) in [5.41, 5.74) is 1.42. The van der Waals surface area contributed by atoms with E-state index in [9.17, 15) is 14.7 Å². The summed E-state index contributed by atoms with van der Waals surface area (Å²) in [7, 11) is 1.64. The Morgan fingerprint density at radius 1 is 1.21 bits per heavy atom. The third-order valence-electron chi connectivity index (χ3n) is 7.88. The molecule has 9 nitrogen and oxygen atoms in total. The maximum Gasteiger partial charge on any atom is 0.248 e. The Hall–Kier alpha value is -3.46. The number of amides is 2. The molecule has 5 rings (SSSR count). The van der Waals surface area contributed by atoms with Crippen LogP contribution in [0.25, 0.3) is 10.8 Å². The molecule has 2 N–H and O–H groups in total. The van der Waals surface area contributed by atoms with E-state index < -0.39 is 23.6 Å². The van der Waals surface area contributed by atoms with Gasteiger partial charge >= 0.3 is 0 Å². The molecule has 1 aliphatic carbocycles. The van der Waals surface area contributed by atoms with Crippen molar-refractivity contribution in [3.05, 3.63) is 53.9 Å². The van der Waals surface area contributed by atoms with Crippen LogP contribution in [0.5, 0.6) is 5.75 Å². The molecule has 1 aromatic heterocycles. The number of β-amino-alcohol motifs (C(OH)–C–C–N with tert-alkyl or cyclic N) is 1. The number of ether oxygens (including phenoxy) is 1. The second kappa shape index (κ2) is 10.6. The fourth-order valence-electron chi connectivity index (χ4n) is 5.69. The van der Waals surface area contributed by atoms with Gasteiger partial charge in [-0.15, -0.1) is 5.10 Å². The Balaban J connectivity index is 1.30. The summed E-state index contributed by atoms with van der Waals surface area (Å²) < 4.78 is 7.26. The summed E-state index contributed by atoms with van der Waals surface area (Å²) in [6.45, 7) is 8.14. The number of aliphatic hydroxyl groups excluding tert-OH is 1.